The first-order valence-corrected chi connectivity index (χ1v) is 9.66. The van der Waals surface area contributed by atoms with Crippen LogP contribution in [0.3, 0.4) is 0 Å². The van der Waals surface area contributed by atoms with Gasteiger partial charge < -0.3 is 15.4 Å². The zero-order chi connectivity index (χ0) is 17.4. The first-order valence-electron chi connectivity index (χ1n) is 9.66. The normalized spacial score (nSPS) is 29.2. The highest BCUT2D eigenvalue weighted by Gasteiger charge is 2.59. The molecule has 0 radical (unpaired) electrons. The van der Waals surface area contributed by atoms with Crippen LogP contribution in [0.15, 0.2) is 4.99 Å². The van der Waals surface area contributed by atoms with Gasteiger partial charge in [-0.1, -0.05) is 6.42 Å². The highest BCUT2D eigenvalue weighted by molar-refractivity contribution is 14.0. The standard InChI is InChI=1S/C18H30N6O.HI/c1-4-25-15-10-14(18(15)8-5-9-18)22-17(19-3)21-13-6-7-16-20-12(2)23-24(16)11-13;/h13-15H,4-11H2,1-3H3,(H2,19,21,22);1H. The lowest BCUT2D eigenvalue weighted by Crippen LogP contribution is -2.69. The Bertz CT molecular complexity index is 656. The molecule has 1 spiro atoms. The van der Waals surface area contributed by atoms with E-state index in [1.807, 2.05) is 18.7 Å². The van der Waals surface area contributed by atoms with E-state index < -0.39 is 0 Å². The van der Waals surface area contributed by atoms with Gasteiger partial charge in [0.1, 0.15) is 11.6 Å². The number of nitrogens with zero attached hydrogens (tertiary/aromatic N) is 4. The number of aliphatic imine (C=N–C) groups is 1. The summed E-state index contributed by atoms with van der Waals surface area (Å²) in [5.74, 6) is 2.88. The lowest BCUT2D eigenvalue weighted by atomic mass is 9.51. The molecule has 1 aliphatic heterocycles. The van der Waals surface area contributed by atoms with Gasteiger partial charge in [0.25, 0.3) is 0 Å². The number of ether oxygens (including phenoxy) is 1. The highest BCUT2D eigenvalue weighted by atomic mass is 127. The molecule has 0 amide bonds. The van der Waals surface area contributed by atoms with E-state index in [9.17, 15) is 0 Å². The third-order valence-corrected chi connectivity index (χ3v) is 6.28. The fraction of sp³-hybridized carbons (Fsp3) is 0.833. The molecule has 2 heterocycles. The molecule has 3 atom stereocenters. The summed E-state index contributed by atoms with van der Waals surface area (Å²) in [6.45, 7) is 5.72. The van der Waals surface area contributed by atoms with E-state index in [2.05, 4.69) is 32.6 Å². The number of fused-ring (bicyclic) bond motifs is 1. The van der Waals surface area contributed by atoms with E-state index in [-0.39, 0.29) is 24.0 Å². The zero-order valence-corrected chi connectivity index (χ0v) is 18.3. The van der Waals surface area contributed by atoms with Crippen LogP contribution in [-0.4, -0.2) is 52.6 Å². The van der Waals surface area contributed by atoms with E-state index in [0.717, 1.165) is 50.0 Å². The summed E-state index contributed by atoms with van der Waals surface area (Å²) in [5, 5.41) is 11.8. The van der Waals surface area contributed by atoms with E-state index >= 15 is 0 Å². The molecular formula is C18H31IN6O. The van der Waals surface area contributed by atoms with Crippen molar-refractivity contribution in [2.24, 2.45) is 10.4 Å². The van der Waals surface area contributed by atoms with Gasteiger partial charge in [-0.2, -0.15) is 5.10 Å². The Morgan fingerprint density at radius 2 is 2.19 bits per heavy atom. The van der Waals surface area contributed by atoms with Crippen LogP contribution in [-0.2, 0) is 17.7 Å². The van der Waals surface area contributed by atoms with Gasteiger partial charge in [-0.3, -0.25) is 4.99 Å². The fourth-order valence-corrected chi connectivity index (χ4v) is 4.72. The van der Waals surface area contributed by atoms with Gasteiger partial charge in [0.15, 0.2) is 5.96 Å². The summed E-state index contributed by atoms with van der Waals surface area (Å²) >= 11 is 0. The van der Waals surface area contributed by atoms with Crippen LogP contribution >= 0.6 is 24.0 Å². The molecule has 0 bridgehead atoms. The predicted molar refractivity (Wildman–Crippen MR) is 112 cm³/mol. The van der Waals surface area contributed by atoms with Crippen LogP contribution in [0, 0.1) is 12.3 Å². The third-order valence-electron chi connectivity index (χ3n) is 6.28. The Hall–Kier alpha value is -0.900. The average Bonchev–Trinajstić information content (AvgIpc) is 2.90. The lowest BCUT2D eigenvalue weighted by Gasteiger charge is -2.61. The van der Waals surface area contributed by atoms with Gasteiger partial charge in [0.05, 0.1) is 12.6 Å². The summed E-state index contributed by atoms with van der Waals surface area (Å²) in [5.41, 5.74) is 0.344. The van der Waals surface area contributed by atoms with Crippen molar-refractivity contribution < 1.29 is 4.74 Å². The molecule has 2 aliphatic carbocycles. The average molecular weight is 474 g/mol. The van der Waals surface area contributed by atoms with Gasteiger partial charge in [-0.25, -0.2) is 9.67 Å². The van der Waals surface area contributed by atoms with Crippen molar-refractivity contribution in [2.45, 2.75) is 77.1 Å². The maximum atomic E-state index is 5.95. The van der Waals surface area contributed by atoms with Crippen molar-refractivity contribution in [1.82, 2.24) is 25.4 Å². The number of aromatic nitrogens is 3. The van der Waals surface area contributed by atoms with Gasteiger partial charge in [0.2, 0.25) is 0 Å². The summed E-state index contributed by atoms with van der Waals surface area (Å²) in [7, 11) is 1.86. The number of aryl methyl sites for hydroxylation is 2. The van der Waals surface area contributed by atoms with Crippen LogP contribution in [0.1, 0.15) is 50.7 Å². The second-order valence-electron chi connectivity index (χ2n) is 7.67. The van der Waals surface area contributed by atoms with Crippen molar-refractivity contribution in [3.8, 4) is 0 Å². The van der Waals surface area contributed by atoms with E-state index in [0.29, 0.717) is 23.6 Å². The zero-order valence-electron chi connectivity index (χ0n) is 16.0. The molecule has 8 heteroatoms. The first-order chi connectivity index (χ1) is 12.1. The largest absolute Gasteiger partial charge is 0.378 e. The molecule has 26 heavy (non-hydrogen) atoms. The minimum absolute atomic E-state index is 0. The number of nitrogens with one attached hydrogen (secondary N) is 2. The van der Waals surface area contributed by atoms with E-state index in [1.54, 1.807) is 0 Å². The Kier molecular flexibility index (Phi) is 6.11. The highest BCUT2D eigenvalue weighted by Crippen LogP contribution is 2.57. The second-order valence-corrected chi connectivity index (χ2v) is 7.67. The van der Waals surface area contributed by atoms with Crippen molar-refractivity contribution in [3.63, 3.8) is 0 Å². The molecule has 0 aromatic carbocycles. The van der Waals surface area contributed by atoms with Crippen LogP contribution in [0.25, 0.3) is 0 Å². The lowest BCUT2D eigenvalue weighted by molar-refractivity contribution is -0.168. The molecule has 4 rings (SSSR count). The Morgan fingerprint density at radius 1 is 1.38 bits per heavy atom. The van der Waals surface area contributed by atoms with Crippen LogP contribution in [0.4, 0.5) is 0 Å². The summed E-state index contributed by atoms with van der Waals surface area (Å²) in [6, 6.07) is 0.830. The van der Waals surface area contributed by atoms with Crippen molar-refractivity contribution >= 4 is 29.9 Å². The summed E-state index contributed by atoms with van der Waals surface area (Å²) < 4.78 is 7.99. The van der Waals surface area contributed by atoms with Gasteiger partial charge in [0, 0.05) is 37.6 Å². The number of halogens is 1. The van der Waals surface area contributed by atoms with Crippen molar-refractivity contribution in [3.05, 3.63) is 11.6 Å². The Morgan fingerprint density at radius 3 is 2.85 bits per heavy atom. The van der Waals surface area contributed by atoms with Gasteiger partial charge >= 0.3 is 0 Å². The molecule has 0 saturated heterocycles. The third kappa shape index (κ3) is 3.46. The maximum Gasteiger partial charge on any atom is 0.191 e. The number of rotatable bonds is 4. The van der Waals surface area contributed by atoms with Crippen LogP contribution in [0.2, 0.25) is 0 Å². The van der Waals surface area contributed by atoms with Gasteiger partial charge in [-0.15, -0.1) is 24.0 Å². The van der Waals surface area contributed by atoms with E-state index in [4.69, 9.17) is 4.74 Å². The molecule has 2 saturated carbocycles. The number of hydrogen-bond donors (Lipinski definition) is 2. The Balaban J connectivity index is 0.00000196. The van der Waals surface area contributed by atoms with E-state index in [1.165, 1.54) is 19.3 Å². The number of hydrogen-bond acceptors (Lipinski definition) is 4. The fourth-order valence-electron chi connectivity index (χ4n) is 4.72. The van der Waals surface area contributed by atoms with Crippen LogP contribution < -0.4 is 10.6 Å². The molecule has 146 valence electrons. The topological polar surface area (TPSA) is 76.4 Å². The molecule has 7 nitrogen and oxygen atoms in total. The molecule has 2 fully saturated rings. The van der Waals surface area contributed by atoms with Crippen LogP contribution in [0.5, 0.6) is 0 Å². The molecule has 2 N–H and O–H groups in total. The Labute approximate surface area is 172 Å². The monoisotopic (exact) mass is 474 g/mol. The summed E-state index contributed by atoms with van der Waals surface area (Å²) in [6.07, 6.45) is 7.42. The van der Waals surface area contributed by atoms with Crippen molar-refractivity contribution in [2.75, 3.05) is 13.7 Å². The maximum absolute atomic E-state index is 5.95. The van der Waals surface area contributed by atoms with Gasteiger partial charge in [-0.05, 0) is 39.5 Å². The molecule has 3 aliphatic rings. The minimum atomic E-state index is 0. The SMILES string of the molecule is CCOC1CC(NC(=NC)NC2CCc3nc(C)nn3C2)C12CCC2.I. The summed E-state index contributed by atoms with van der Waals surface area (Å²) in [4.78, 5) is 8.95. The quantitative estimate of drug-likeness (QED) is 0.397. The smallest absolute Gasteiger partial charge is 0.191 e. The first kappa shape index (κ1) is 19.9. The second kappa shape index (κ2) is 8.00. The molecule has 1 aromatic rings. The van der Waals surface area contributed by atoms with Crippen molar-refractivity contribution in [1.29, 1.82) is 0 Å². The predicted octanol–water partition coefficient (Wildman–Crippen LogP) is 2.03. The molecule has 3 unspecified atom stereocenters. The minimum Gasteiger partial charge on any atom is -0.378 e. The number of guanidine groups is 1. The molecule has 1 aromatic heterocycles. The molecular weight excluding hydrogens is 443 g/mol.